The minimum absolute atomic E-state index is 0.0920. The summed E-state index contributed by atoms with van der Waals surface area (Å²) in [4.78, 5) is 39.9. The second-order valence-electron chi connectivity index (χ2n) is 8.50. The quantitative estimate of drug-likeness (QED) is 0.529. The van der Waals surface area contributed by atoms with Crippen molar-refractivity contribution in [3.63, 3.8) is 0 Å². The van der Waals surface area contributed by atoms with Crippen molar-refractivity contribution in [2.24, 2.45) is 0 Å². The van der Waals surface area contributed by atoms with Gasteiger partial charge in [-0.05, 0) is 24.0 Å². The number of amides is 2. The molecule has 2 aliphatic rings. The molecule has 33 heavy (non-hydrogen) atoms. The zero-order chi connectivity index (χ0) is 23.3. The van der Waals surface area contributed by atoms with Crippen LogP contribution in [0.15, 0.2) is 60.7 Å². The maximum atomic E-state index is 12.8. The Morgan fingerprint density at radius 3 is 1.91 bits per heavy atom. The Morgan fingerprint density at radius 1 is 0.879 bits per heavy atom. The SMILES string of the molecule is COC(=O)C1(NC(=O)OCc2ccccc2)CC2CCC(C1)N2C(=O)OCc1ccccc1. The predicted octanol–water partition coefficient (Wildman–Crippen LogP) is 3.79. The average molecular weight is 453 g/mol. The van der Waals surface area contributed by atoms with Crippen LogP contribution >= 0.6 is 0 Å². The van der Waals surface area contributed by atoms with Gasteiger partial charge in [0.15, 0.2) is 0 Å². The minimum Gasteiger partial charge on any atom is -0.467 e. The third kappa shape index (κ3) is 5.10. The lowest BCUT2D eigenvalue weighted by Crippen LogP contribution is -2.64. The molecular weight excluding hydrogens is 424 g/mol. The van der Waals surface area contributed by atoms with E-state index in [1.807, 2.05) is 60.7 Å². The van der Waals surface area contributed by atoms with Crippen molar-refractivity contribution in [3.8, 4) is 0 Å². The van der Waals surface area contributed by atoms with Gasteiger partial charge in [-0.15, -0.1) is 0 Å². The lowest BCUT2D eigenvalue weighted by molar-refractivity contribution is -0.151. The van der Waals surface area contributed by atoms with Gasteiger partial charge >= 0.3 is 18.2 Å². The van der Waals surface area contributed by atoms with Gasteiger partial charge in [-0.2, -0.15) is 0 Å². The molecule has 2 unspecified atom stereocenters. The fraction of sp³-hybridized carbons (Fsp3) is 0.400. The Bertz CT molecular complexity index is 967. The summed E-state index contributed by atoms with van der Waals surface area (Å²) in [5.74, 6) is -0.534. The Labute approximate surface area is 192 Å². The van der Waals surface area contributed by atoms with Gasteiger partial charge in [0, 0.05) is 24.9 Å². The van der Waals surface area contributed by atoms with E-state index in [2.05, 4.69) is 5.32 Å². The molecular formula is C25H28N2O6. The number of carbonyl (C=O) groups excluding carboxylic acids is 3. The van der Waals surface area contributed by atoms with Crippen LogP contribution in [-0.4, -0.2) is 47.8 Å². The molecule has 2 fully saturated rings. The first-order valence-electron chi connectivity index (χ1n) is 11.1. The summed E-state index contributed by atoms with van der Waals surface area (Å²) in [7, 11) is 1.30. The monoisotopic (exact) mass is 452 g/mol. The highest BCUT2D eigenvalue weighted by atomic mass is 16.6. The lowest BCUT2D eigenvalue weighted by atomic mass is 9.83. The van der Waals surface area contributed by atoms with Crippen LogP contribution in [0, 0.1) is 0 Å². The van der Waals surface area contributed by atoms with E-state index in [-0.39, 0.29) is 38.1 Å². The molecule has 8 heteroatoms. The molecule has 2 bridgehead atoms. The van der Waals surface area contributed by atoms with Crippen LogP contribution in [0.2, 0.25) is 0 Å². The minimum atomic E-state index is -1.25. The summed E-state index contributed by atoms with van der Waals surface area (Å²) in [6, 6.07) is 18.3. The van der Waals surface area contributed by atoms with Crippen LogP contribution in [0.3, 0.4) is 0 Å². The zero-order valence-electron chi connectivity index (χ0n) is 18.6. The van der Waals surface area contributed by atoms with Crippen molar-refractivity contribution >= 4 is 18.2 Å². The predicted molar refractivity (Wildman–Crippen MR) is 119 cm³/mol. The average Bonchev–Trinajstić information content (AvgIpc) is 3.13. The van der Waals surface area contributed by atoms with E-state index in [0.29, 0.717) is 0 Å². The molecule has 0 radical (unpaired) electrons. The number of rotatable bonds is 6. The number of nitrogens with one attached hydrogen (secondary N) is 1. The summed E-state index contributed by atoms with van der Waals surface area (Å²) in [6.07, 6.45) is 0.851. The molecule has 0 aromatic heterocycles. The van der Waals surface area contributed by atoms with Gasteiger partial charge in [0.1, 0.15) is 18.8 Å². The van der Waals surface area contributed by atoms with Gasteiger partial charge in [-0.3, -0.25) is 0 Å². The number of ether oxygens (including phenoxy) is 3. The number of piperidine rings is 1. The van der Waals surface area contributed by atoms with Gasteiger partial charge in [-0.1, -0.05) is 60.7 Å². The van der Waals surface area contributed by atoms with E-state index in [0.717, 1.165) is 24.0 Å². The van der Waals surface area contributed by atoms with Crippen LogP contribution in [0.5, 0.6) is 0 Å². The molecule has 4 rings (SSSR count). The second-order valence-corrected chi connectivity index (χ2v) is 8.50. The van der Waals surface area contributed by atoms with Crippen LogP contribution in [0.4, 0.5) is 9.59 Å². The van der Waals surface area contributed by atoms with E-state index in [4.69, 9.17) is 14.2 Å². The first kappa shape index (κ1) is 22.6. The van der Waals surface area contributed by atoms with Crippen LogP contribution < -0.4 is 5.32 Å². The standard InChI is InChI=1S/C25H28N2O6/c1-31-22(28)25(26-23(29)32-16-18-8-4-2-5-9-18)14-20-12-13-21(15-25)27(20)24(30)33-17-19-10-6-3-7-11-19/h2-11,20-21H,12-17H2,1H3,(H,26,29). The number of fused-ring (bicyclic) bond motifs is 2. The van der Waals surface area contributed by atoms with E-state index in [9.17, 15) is 14.4 Å². The molecule has 2 aromatic rings. The van der Waals surface area contributed by atoms with Crippen molar-refractivity contribution in [1.29, 1.82) is 0 Å². The topological polar surface area (TPSA) is 94.2 Å². The second kappa shape index (κ2) is 9.94. The van der Waals surface area contributed by atoms with Crippen molar-refractivity contribution in [2.75, 3.05) is 7.11 Å². The van der Waals surface area contributed by atoms with Crippen LogP contribution in [0.1, 0.15) is 36.8 Å². The summed E-state index contributed by atoms with van der Waals surface area (Å²) in [5.41, 5.74) is 0.502. The highest BCUT2D eigenvalue weighted by Gasteiger charge is 2.55. The summed E-state index contributed by atoms with van der Waals surface area (Å²) in [5, 5.41) is 2.76. The Kier molecular flexibility index (Phi) is 6.82. The summed E-state index contributed by atoms with van der Waals surface area (Å²) >= 11 is 0. The molecule has 2 heterocycles. The van der Waals surface area contributed by atoms with E-state index in [1.165, 1.54) is 7.11 Å². The molecule has 0 saturated carbocycles. The van der Waals surface area contributed by atoms with Crippen molar-refractivity contribution in [3.05, 3.63) is 71.8 Å². The van der Waals surface area contributed by atoms with E-state index in [1.54, 1.807) is 4.90 Å². The first-order valence-corrected chi connectivity index (χ1v) is 11.1. The van der Waals surface area contributed by atoms with Crippen LogP contribution in [0.25, 0.3) is 0 Å². The first-order chi connectivity index (χ1) is 16.0. The number of hydrogen-bond acceptors (Lipinski definition) is 6. The number of hydrogen-bond donors (Lipinski definition) is 1. The normalized spacial score (nSPS) is 23.5. The van der Waals surface area contributed by atoms with Gasteiger partial charge in [0.2, 0.25) is 0 Å². The molecule has 2 saturated heterocycles. The molecule has 2 aliphatic heterocycles. The number of nitrogens with zero attached hydrogens (tertiary/aromatic N) is 1. The van der Waals surface area contributed by atoms with Crippen LogP contribution in [-0.2, 0) is 32.2 Å². The number of carbonyl (C=O) groups is 3. The maximum absolute atomic E-state index is 12.8. The number of esters is 1. The summed E-state index contributed by atoms with van der Waals surface area (Å²) < 4.78 is 15.9. The molecule has 2 amide bonds. The fourth-order valence-corrected chi connectivity index (χ4v) is 4.81. The fourth-order valence-electron chi connectivity index (χ4n) is 4.81. The Balaban J connectivity index is 1.40. The van der Waals surface area contributed by atoms with Gasteiger partial charge in [-0.25, -0.2) is 14.4 Å². The van der Waals surface area contributed by atoms with Crippen molar-refractivity contribution < 1.29 is 28.6 Å². The molecule has 0 spiro atoms. The number of benzene rings is 2. The highest BCUT2D eigenvalue weighted by Crippen LogP contribution is 2.42. The van der Waals surface area contributed by atoms with E-state index >= 15 is 0 Å². The molecule has 0 aliphatic carbocycles. The van der Waals surface area contributed by atoms with Gasteiger partial charge in [0.05, 0.1) is 7.11 Å². The Morgan fingerprint density at radius 2 is 1.39 bits per heavy atom. The highest BCUT2D eigenvalue weighted by molar-refractivity contribution is 5.86. The third-order valence-electron chi connectivity index (χ3n) is 6.33. The molecule has 2 aromatic carbocycles. The summed E-state index contributed by atoms with van der Waals surface area (Å²) in [6.45, 7) is 0.274. The smallest absolute Gasteiger partial charge is 0.410 e. The zero-order valence-corrected chi connectivity index (χ0v) is 18.6. The van der Waals surface area contributed by atoms with Gasteiger partial charge < -0.3 is 24.4 Å². The molecule has 8 nitrogen and oxygen atoms in total. The molecule has 2 atom stereocenters. The molecule has 174 valence electrons. The van der Waals surface area contributed by atoms with E-state index < -0.39 is 23.7 Å². The number of alkyl carbamates (subject to hydrolysis) is 1. The largest absolute Gasteiger partial charge is 0.467 e. The Hall–Kier alpha value is -3.55. The lowest BCUT2D eigenvalue weighted by Gasteiger charge is -2.44. The number of methoxy groups -OCH3 is 1. The van der Waals surface area contributed by atoms with Crippen molar-refractivity contribution in [2.45, 2.75) is 56.5 Å². The maximum Gasteiger partial charge on any atom is 0.410 e. The molecule has 1 N–H and O–H groups in total. The third-order valence-corrected chi connectivity index (χ3v) is 6.33. The van der Waals surface area contributed by atoms with Gasteiger partial charge in [0.25, 0.3) is 0 Å². The van der Waals surface area contributed by atoms with Crippen molar-refractivity contribution in [1.82, 2.24) is 10.2 Å².